The number of amides is 2. The Bertz CT molecular complexity index is 1150. The fourth-order valence-corrected chi connectivity index (χ4v) is 5.92. The van der Waals surface area contributed by atoms with Crippen molar-refractivity contribution in [2.45, 2.75) is 36.6 Å². The van der Waals surface area contributed by atoms with E-state index in [0.29, 0.717) is 31.6 Å². The average molecular weight is 486 g/mol. The van der Waals surface area contributed by atoms with Gasteiger partial charge in [-0.2, -0.15) is 11.3 Å². The molecule has 1 aromatic carbocycles. The van der Waals surface area contributed by atoms with Crippen LogP contribution in [0.5, 0.6) is 0 Å². The summed E-state index contributed by atoms with van der Waals surface area (Å²) < 4.78 is 7.27. The maximum Gasteiger partial charge on any atom is 0.224 e. The number of fused-ring (bicyclic) bond motifs is 1. The van der Waals surface area contributed by atoms with Crippen LogP contribution in [0.3, 0.4) is 0 Å². The van der Waals surface area contributed by atoms with Gasteiger partial charge in [0, 0.05) is 24.3 Å². The molecule has 6 nitrogen and oxygen atoms in total. The zero-order valence-electron chi connectivity index (χ0n) is 17.3. The van der Waals surface area contributed by atoms with Crippen molar-refractivity contribution in [2.24, 2.45) is 0 Å². The van der Waals surface area contributed by atoms with Crippen molar-refractivity contribution >= 4 is 62.2 Å². The fourth-order valence-electron chi connectivity index (χ4n) is 3.05. The first-order valence-electron chi connectivity index (χ1n) is 10.3. The number of aryl methyl sites for hydroxylation is 1. The van der Waals surface area contributed by atoms with Crippen LogP contribution in [0, 0.1) is 0 Å². The molecule has 3 aromatic heterocycles. The summed E-state index contributed by atoms with van der Waals surface area (Å²) in [6, 6.07) is 11.5. The number of hydrogen-bond acceptors (Lipinski definition) is 7. The molecular formula is C23H23N3O3S3. The van der Waals surface area contributed by atoms with Gasteiger partial charge in [0.05, 0.1) is 23.0 Å². The minimum absolute atomic E-state index is 0.0932. The van der Waals surface area contributed by atoms with Gasteiger partial charge in [0.1, 0.15) is 5.76 Å². The molecule has 0 saturated carbocycles. The summed E-state index contributed by atoms with van der Waals surface area (Å²) in [5.74, 6) is 1.51. The molecule has 0 bridgehead atoms. The summed E-state index contributed by atoms with van der Waals surface area (Å²) in [5.41, 5.74) is 3.06. The van der Waals surface area contributed by atoms with Gasteiger partial charge in [-0.1, -0.05) is 11.8 Å². The number of nitrogens with one attached hydrogen (secondary N) is 2. The largest absolute Gasteiger partial charge is 0.467 e. The lowest BCUT2D eigenvalue weighted by Crippen LogP contribution is -2.22. The van der Waals surface area contributed by atoms with Crippen LogP contribution in [0.2, 0.25) is 0 Å². The minimum Gasteiger partial charge on any atom is -0.467 e. The number of aromatic nitrogens is 1. The number of carbonyl (C=O) groups is 2. The van der Waals surface area contributed by atoms with E-state index in [1.807, 2.05) is 18.2 Å². The zero-order chi connectivity index (χ0) is 22.2. The third kappa shape index (κ3) is 6.69. The van der Waals surface area contributed by atoms with Crippen LogP contribution >= 0.6 is 34.4 Å². The van der Waals surface area contributed by atoms with Crippen molar-refractivity contribution in [3.63, 3.8) is 0 Å². The molecule has 9 heteroatoms. The lowest BCUT2D eigenvalue weighted by molar-refractivity contribution is -0.121. The summed E-state index contributed by atoms with van der Waals surface area (Å²) in [5, 5.41) is 9.99. The van der Waals surface area contributed by atoms with Gasteiger partial charge in [-0.25, -0.2) is 4.98 Å². The third-order valence-electron chi connectivity index (χ3n) is 4.70. The van der Waals surface area contributed by atoms with Crippen molar-refractivity contribution in [3.05, 3.63) is 64.7 Å². The SMILES string of the molecule is O=C(CCCC(=O)Nc1ccc2nc(SCCc3ccsc3)sc2c1)NCc1ccco1. The highest BCUT2D eigenvalue weighted by atomic mass is 32.2. The summed E-state index contributed by atoms with van der Waals surface area (Å²) in [7, 11) is 0. The molecule has 0 spiro atoms. The predicted molar refractivity (Wildman–Crippen MR) is 131 cm³/mol. The van der Waals surface area contributed by atoms with Gasteiger partial charge in [0.25, 0.3) is 0 Å². The Morgan fingerprint density at radius 2 is 2.03 bits per heavy atom. The van der Waals surface area contributed by atoms with Crippen LogP contribution < -0.4 is 10.6 Å². The molecular weight excluding hydrogens is 462 g/mol. The first kappa shape index (κ1) is 22.6. The Morgan fingerprint density at radius 3 is 2.84 bits per heavy atom. The first-order valence-corrected chi connectivity index (χ1v) is 13.0. The molecule has 0 atom stereocenters. The van der Waals surface area contributed by atoms with E-state index in [1.54, 1.807) is 52.8 Å². The molecule has 0 fully saturated rings. The molecule has 0 radical (unpaired) electrons. The number of anilines is 1. The summed E-state index contributed by atoms with van der Waals surface area (Å²) in [4.78, 5) is 28.8. The molecule has 4 aromatic rings. The number of furan rings is 1. The van der Waals surface area contributed by atoms with E-state index >= 15 is 0 Å². The Balaban J connectivity index is 1.20. The number of thiophene rings is 1. The van der Waals surface area contributed by atoms with Crippen molar-refractivity contribution in [1.82, 2.24) is 10.3 Å². The molecule has 0 aliphatic rings. The Morgan fingerprint density at radius 1 is 1.12 bits per heavy atom. The van der Waals surface area contributed by atoms with Gasteiger partial charge in [-0.15, -0.1) is 11.3 Å². The molecule has 0 aliphatic carbocycles. The molecule has 4 rings (SSSR count). The second-order valence-corrected chi connectivity index (χ2v) is 10.3. The Labute approximate surface area is 198 Å². The number of carbonyl (C=O) groups excluding carboxylic acids is 2. The highest BCUT2D eigenvalue weighted by Gasteiger charge is 2.09. The molecule has 166 valence electrons. The second kappa shape index (κ2) is 11.3. The molecule has 0 unspecified atom stereocenters. The van der Waals surface area contributed by atoms with E-state index in [-0.39, 0.29) is 11.8 Å². The molecule has 2 N–H and O–H groups in total. The van der Waals surface area contributed by atoms with E-state index in [2.05, 4.69) is 32.4 Å². The van der Waals surface area contributed by atoms with E-state index in [0.717, 1.165) is 32.4 Å². The van der Waals surface area contributed by atoms with Crippen LogP contribution in [-0.4, -0.2) is 22.6 Å². The average Bonchev–Trinajstić information content (AvgIpc) is 3.54. The number of thioether (sulfide) groups is 1. The van der Waals surface area contributed by atoms with Gasteiger partial charge >= 0.3 is 0 Å². The highest BCUT2D eigenvalue weighted by molar-refractivity contribution is 8.01. The van der Waals surface area contributed by atoms with Crippen LogP contribution in [-0.2, 0) is 22.6 Å². The smallest absolute Gasteiger partial charge is 0.224 e. The summed E-state index contributed by atoms with van der Waals surface area (Å²) in [6.07, 6.45) is 3.68. The van der Waals surface area contributed by atoms with Crippen molar-refractivity contribution in [3.8, 4) is 0 Å². The number of benzene rings is 1. The number of rotatable bonds is 11. The zero-order valence-corrected chi connectivity index (χ0v) is 19.8. The monoisotopic (exact) mass is 485 g/mol. The fraction of sp³-hybridized carbons (Fsp3) is 0.261. The molecule has 32 heavy (non-hydrogen) atoms. The van der Waals surface area contributed by atoms with Gasteiger partial charge in [-0.3, -0.25) is 9.59 Å². The summed E-state index contributed by atoms with van der Waals surface area (Å²) >= 11 is 5.13. The quantitative estimate of drug-likeness (QED) is 0.266. The van der Waals surface area contributed by atoms with Crippen LogP contribution in [0.1, 0.15) is 30.6 Å². The second-order valence-electron chi connectivity index (χ2n) is 7.15. The number of thiazole rings is 1. The topological polar surface area (TPSA) is 84.2 Å². The third-order valence-corrected chi connectivity index (χ3v) is 7.59. The van der Waals surface area contributed by atoms with Gasteiger partial charge < -0.3 is 15.1 Å². The minimum atomic E-state index is -0.0990. The molecule has 3 heterocycles. The standard InChI is InChI=1S/C23H23N3O3S3/c27-21(24-14-18-3-2-10-29-18)4-1-5-22(28)25-17-6-7-19-20(13-17)32-23(26-19)31-12-9-16-8-11-30-15-16/h2-3,6-8,10-11,13,15H,1,4-5,9,12,14H2,(H,24,27)(H,25,28). The normalized spacial score (nSPS) is 11.0. The molecule has 0 aliphatic heterocycles. The number of nitrogens with zero attached hydrogens (tertiary/aromatic N) is 1. The van der Waals surface area contributed by atoms with E-state index in [1.165, 1.54) is 5.56 Å². The maximum absolute atomic E-state index is 12.3. The van der Waals surface area contributed by atoms with Crippen molar-refractivity contribution < 1.29 is 14.0 Å². The molecule has 0 saturated heterocycles. The lowest BCUT2D eigenvalue weighted by Gasteiger charge is -2.06. The van der Waals surface area contributed by atoms with E-state index < -0.39 is 0 Å². The van der Waals surface area contributed by atoms with Crippen molar-refractivity contribution in [2.75, 3.05) is 11.1 Å². The highest BCUT2D eigenvalue weighted by Crippen LogP contribution is 2.31. The Kier molecular flexibility index (Phi) is 7.97. The van der Waals surface area contributed by atoms with Gasteiger partial charge in [-0.05, 0) is 65.6 Å². The summed E-state index contributed by atoms with van der Waals surface area (Å²) in [6.45, 7) is 0.362. The predicted octanol–water partition coefficient (Wildman–Crippen LogP) is 5.71. The number of hydrogen-bond donors (Lipinski definition) is 2. The van der Waals surface area contributed by atoms with Gasteiger partial charge in [0.15, 0.2) is 4.34 Å². The maximum atomic E-state index is 12.3. The van der Waals surface area contributed by atoms with Crippen LogP contribution in [0.15, 0.2) is 62.2 Å². The first-order chi connectivity index (χ1) is 15.7. The van der Waals surface area contributed by atoms with Crippen LogP contribution in [0.4, 0.5) is 5.69 Å². The molecule has 2 amide bonds. The van der Waals surface area contributed by atoms with Gasteiger partial charge in [0.2, 0.25) is 11.8 Å². The Hall–Kier alpha value is -2.62. The van der Waals surface area contributed by atoms with Crippen molar-refractivity contribution in [1.29, 1.82) is 0 Å². The van der Waals surface area contributed by atoms with E-state index in [4.69, 9.17) is 4.42 Å². The van der Waals surface area contributed by atoms with E-state index in [9.17, 15) is 9.59 Å². The van der Waals surface area contributed by atoms with Crippen LogP contribution in [0.25, 0.3) is 10.2 Å². The lowest BCUT2D eigenvalue weighted by atomic mass is 10.2.